The fourth-order valence-corrected chi connectivity index (χ4v) is 8.28. The number of benzene rings is 2. The second kappa shape index (κ2) is 9.69. The number of carbonyl (C=O) groups excluding carboxylic acids is 2. The maximum absolute atomic E-state index is 13.2. The zero-order valence-electron chi connectivity index (χ0n) is 19.1. The molecular formula is C23H24N2O7S3. The zero-order valence-corrected chi connectivity index (χ0v) is 21.5. The fourth-order valence-electron chi connectivity index (χ4n) is 4.12. The van der Waals surface area contributed by atoms with Gasteiger partial charge >= 0.3 is 5.97 Å². The van der Waals surface area contributed by atoms with E-state index in [0.717, 1.165) is 11.0 Å². The molecule has 186 valence electrons. The van der Waals surface area contributed by atoms with Gasteiger partial charge in [-0.15, -0.1) is 11.3 Å². The van der Waals surface area contributed by atoms with Crippen molar-refractivity contribution in [3.05, 3.63) is 54.1 Å². The van der Waals surface area contributed by atoms with Gasteiger partial charge in [0.25, 0.3) is 0 Å². The Hall–Kier alpha value is -2.80. The summed E-state index contributed by atoms with van der Waals surface area (Å²) in [6, 6.07) is 12.8. The van der Waals surface area contributed by atoms with Crippen molar-refractivity contribution in [1.29, 1.82) is 0 Å². The maximum atomic E-state index is 13.2. The van der Waals surface area contributed by atoms with Crippen LogP contribution in [0.2, 0.25) is 0 Å². The number of esters is 1. The van der Waals surface area contributed by atoms with Crippen LogP contribution >= 0.6 is 11.3 Å². The molecule has 4 rings (SSSR count). The SMILES string of the molecule is COC(=O)c1c(NC(=O)C2CCN(S(=O)(=O)c3ccccc3S(C)(=O)=O)CC2)sc2ccccc12. The van der Waals surface area contributed by atoms with E-state index in [4.69, 9.17) is 4.74 Å². The molecule has 1 saturated heterocycles. The predicted octanol–water partition coefficient (Wildman–Crippen LogP) is 3.13. The van der Waals surface area contributed by atoms with E-state index in [1.54, 1.807) is 12.1 Å². The van der Waals surface area contributed by atoms with Crippen LogP contribution in [0.15, 0.2) is 58.3 Å². The Labute approximate surface area is 207 Å². The fraction of sp³-hybridized carbons (Fsp3) is 0.304. The van der Waals surface area contributed by atoms with Crippen molar-refractivity contribution in [1.82, 2.24) is 4.31 Å². The quantitative estimate of drug-likeness (QED) is 0.480. The van der Waals surface area contributed by atoms with Gasteiger partial charge in [0.2, 0.25) is 15.9 Å². The van der Waals surface area contributed by atoms with E-state index in [-0.39, 0.29) is 41.6 Å². The molecule has 2 aromatic carbocycles. The summed E-state index contributed by atoms with van der Waals surface area (Å²) in [5.41, 5.74) is 0.291. The number of nitrogens with one attached hydrogen (secondary N) is 1. The van der Waals surface area contributed by atoms with Crippen LogP contribution in [-0.2, 0) is 29.4 Å². The van der Waals surface area contributed by atoms with Crippen LogP contribution in [0.5, 0.6) is 0 Å². The molecule has 1 amide bonds. The van der Waals surface area contributed by atoms with E-state index in [1.165, 1.54) is 47.0 Å². The zero-order chi connectivity index (χ0) is 25.4. The minimum Gasteiger partial charge on any atom is -0.465 e. The van der Waals surface area contributed by atoms with Gasteiger partial charge in [0.1, 0.15) is 15.5 Å². The molecule has 35 heavy (non-hydrogen) atoms. The number of rotatable bonds is 6. The number of thiophene rings is 1. The summed E-state index contributed by atoms with van der Waals surface area (Å²) in [6.45, 7) is 0.129. The Bertz CT molecular complexity index is 1500. The van der Waals surface area contributed by atoms with E-state index < -0.39 is 31.7 Å². The monoisotopic (exact) mass is 536 g/mol. The highest BCUT2D eigenvalue weighted by Crippen LogP contribution is 2.37. The van der Waals surface area contributed by atoms with Crippen LogP contribution in [0.3, 0.4) is 0 Å². The van der Waals surface area contributed by atoms with E-state index in [2.05, 4.69) is 5.32 Å². The average molecular weight is 537 g/mol. The van der Waals surface area contributed by atoms with E-state index >= 15 is 0 Å². The number of hydrogen-bond acceptors (Lipinski definition) is 8. The minimum atomic E-state index is -4.06. The molecule has 0 aliphatic carbocycles. The summed E-state index contributed by atoms with van der Waals surface area (Å²) in [5, 5.41) is 3.90. The van der Waals surface area contributed by atoms with Gasteiger partial charge in [0.15, 0.2) is 9.84 Å². The Balaban J connectivity index is 1.51. The third-order valence-corrected chi connectivity index (χ3v) is 10.2. The topological polar surface area (TPSA) is 127 Å². The van der Waals surface area contributed by atoms with Crippen molar-refractivity contribution in [2.75, 3.05) is 31.8 Å². The number of fused-ring (bicyclic) bond motifs is 1. The third kappa shape index (κ3) is 4.96. The van der Waals surface area contributed by atoms with Crippen molar-refractivity contribution in [3.63, 3.8) is 0 Å². The first-order valence-corrected chi connectivity index (χ1v) is 14.9. The highest BCUT2D eigenvalue weighted by Gasteiger charge is 2.35. The normalized spacial score (nSPS) is 15.7. The van der Waals surface area contributed by atoms with Gasteiger partial charge in [-0.2, -0.15) is 4.31 Å². The Morgan fingerprint density at radius 3 is 2.20 bits per heavy atom. The molecule has 0 unspecified atom stereocenters. The number of nitrogens with zero attached hydrogens (tertiary/aromatic N) is 1. The summed E-state index contributed by atoms with van der Waals surface area (Å²) in [7, 11) is -6.53. The summed E-state index contributed by atoms with van der Waals surface area (Å²) in [5.74, 6) is -1.33. The average Bonchev–Trinajstić information content (AvgIpc) is 3.20. The molecule has 12 heteroatoms. The van der Waals surface area contributed by atoms with Crippen molar-refractivity contribution in [3.8, 4) is 0 Å². The highest BCUT2D eigenvalue weighted by molar-refractivity contribution is 7.93. The summed E-state index contributed by atoms with van der Waals surface area (Å²) in [6.07, 6.45) is 1.48. The number of ether oxygens (including phenoxy) is 1. The van der Waals surface area contributed by atoms with E-state index in [0.29, 0.717) is 16.0 Å². The second-order valence-corrected chi connectivity index (χ2v) is 13.1. The van der Waals surface area contributed by atoms with Crippen LogP contribution in [0.25, 0.3) is 10.1 Å². The summed E-state index contributed by atoms with van der Waals surface area (Å²) < 4.78 is 57.5. The van der Waals surface area contributed by atoms with Crippen molar-refractivity contribution >= 4 is 58.2 Å². The van der Waals surface area contributed by atoms with Gasteiger partial charge < -0.3 is 10.1 Å². The van der Waals surface area contributed by atoms with E-state index in [1.807, 2.05) is 12.1 Å². The van der Waals surface area contributed by atoms with Gasteiger partial charge in [-0.3, -0.25) is 4.79 Å². The maximum Gasteiger partial charge on any atom is 0.341 e. The highest BCUT2D eigenvalue weighted by atomic mass is 32.2. The smallest absolute Gasteiger partial charge is 0.341 e. The number of amides is 1. The van der Waals surface area contributed by atoms with Crippen molar-refractivity contribution in [2.45, 2.75) is 22.6 Å². The lowest BCUT2D eigenvalue weighted by Crippen LogP contribution is -2.41. The molecular weight excluding hydrogens is 512 g/mol. The number of sulfonamides is 1. The molecule has 1 fully saturated rings. The van der Waals surface area contributed by atoms with Crippen molar-refractivity contribution < 1.29 is 31.2 Å². The van der Waals surface area contributed by atoms with Gasteiger partial charge in [-0.05, 0) is 31.0 Å². The Morgan fingerprint density at radius 1 is 0.971 bits per heavy atom. The number of methoxy groups -OCH3 is 1. The molecule has 0 saturated carbocycles. The molecule has 9 nitrogen and oxygen atoms in total. The van der Waals surface area contributed by atoms with Crippen LogP contribution in [0, 0.1) is 5.92 Å². The molecule has 1 N–H and O–H groups in total. The molecule has 0 bridgehead atoms. The minimum absolute atomic E-state index is 0.0643. The molecule has 0 spiro atoms. The molecule has 1 aliphatic rings. The molecule has 1 aliphatic heterocycles. The van der Waals surface area contributed by atoms with Crippen LogP contribution < -0.4 is 5.32 Å². The number of carbonyl (C=O) groups is 2. The van der Waals surface area contributed by atoms with Gasteiger partial charge in [-0.25, -0.2) is 21.6 Å². The standard InChI is InChI=1S/C23H24N2O7S3/c1-32-23(27)20-16-7-3-4-8-17(16)33-22(20)24-21(26)15-11-13-25(14-12-15)35(30,31)19-10-6-5-9-18(19)34(2,28)29/h3-10,15H,11-14H2,1-2H3,(H,24,26). The van der Waals surface area contributed by atoms with Crippen LogP contribution in [0.4, 0.5) is 5.00 Å². The predicted molar refractivity (Wildman–Crippen MR) is 133 cm³/mol. The lowest BCUT2D eigenvalue weighted by Gasteiger charge is -2.30. The second-order valence-electron chi connectivity index (χ2n) is 8.18. The van der Waals surface area contributed by atoms with Gasteiger partial charge in [0, 0.05) is 35.3 Å². The summed E-state index contributed by atoms with van der Waals surface area (Å²) in [4.78, 5) is 24.9. The molecule has 1 aromatic heterocycles. The molecule has 2 heterocycles. The number of piperidine rings is 1. The summed E-state index contributed by atoms with van der Waals surface area (Å²) >= 11 is 1.27. The third-order valence-electron chi connectivity index (χ3n) is 5.91. The Kier molecular flexibility index (Phi) is 7.00. The van der Waals surface area contributed by atoms with Gasteiger partial charge in [-0.1, -0.05) is 30.3 Å². The molecule has 0 radical (unpaired) electrons. The number of hydrogen-bond donors (Lipinski definition) is 1. The number of anilines is 1. The van der Waals surface area contributed by atoms with Gasteiger partial charge in [0.05, 0.1) is 12.0 Å². The first kappa shape index (κ1) is 25.3. The van der Waals surface area contributed by atoms with Crippen LogP contribution in [-0.4, -0.2) is 59.5 Å². The number of sulfone groups is 1. The van der Waals surface area contributed by atoms with Crippen LogP contribution in [0.1, 0.15) is 23.2 Å². The first-order valence-electron chi connectivity index (χ1n) is 10.7. The molecule has 0 atom stereocenters. The Morgan fingerprint density at radius 2 is 1.57 bits per heavy atom. The largest absolute Gasteiger partial charge is 0.465 e. The van der Waals surface area contributed by atoms with E-state index in [9.17, 15) is 26.4 Å². The first-order chi connectivity index (χ1) is 16.5. The van der Waals surface area contributed by atoms with Crippen molar-refractivity contribution in [2.24, 2.45) is 5.92 Å². The molecule has 3 aromatic rings. The lowest BCUT2D eigenvalue weighted by molar-refractivity contribution is -0.120. The lowest BCUT2D eigenvalue weighted by atomic mass is 9.97.